The number of hydrogen-bond acceptors (Lipinski definition) is 7. The van der Waals surface area contributed by atoms with Crippen molar-refractivity contribution in [2.75, 3.05) is 0 Å². The van der Waals surface area contributed by atoms with Crippen LogP contribution in [0.15, 0.2) is 323 Å². The number of benzene rings is 15. The van der Waals surface area contributed by atoms with Gasteiger partial charge in [-0.25, -0.2) is 9.97 Å². The molecule has 21 aromatic rings. The van der Waals surface area contributed by atoms with Crippen LogP contribution in [-0.4, -0.2) is 34.9 Å². The van der Waals surface area contributed by atoms with Gasteiger partial charge in [-0.3, -0.25) is 24.9 Å². The van der Waals surface area contributed by atoms with Gasteiger partial charge in [0.2, 0.25) is 0 Å². The lowest BCUT2D eigenvalue weighted by molar-refractivity contribution is 1.17. The van der Waals surface area contributed by atoms with E-state index in [0.29, 0.717) is 0 Å². The van der Waals surface area contributed by atoms with E-state index in [2.05, 4.69) is 265 Å². The van der Waals surface area contributed by atoms with Gasteiger partial charge in [-0.1, -0.05) is 188 Å². The Bertz CT molecular complexity index is 6860. The molecule has 0 aliphatic rings. The van der Waals surface area contributed by atoms with Crippen LogP contribution >= 0.6 is 0 Å². The van der Waals surface area contributed by atoms with Gasteiger partial charge < -0.3 is 0 Å². The second kappa shape index (κ2) is 22.0. The van der Waals surface area contributed by atoms with Gasteiger partial charge in [0.05, 0.1) is 22.2 Å². The molecule has 0 saturated carbocycles. The highest BCUT2D eigenvalue weighted by atomic mass is 14.8. The van der Waals surface area contributed by atoms with Gasteiger partial charge in [-0.05, 0) is 227 Å². The number of pyridine rings is 5. The maximum absolute atomic E-state index is 5.79. The van der Waals surface area contributed by atoms with Gasteiger partial charge in [0.1, 0.15) is 6.33 Å². The minimum atomic E-state index is 0.909. The lowest BCUT2D eigenvalue weighted by atomic mass is 9.83. The second-order valence-corrected chi connectivity index (χ2v) is 26.3. The predicted octanol–water partition coefficient (Wildman–Crippen LogP) is 24.0. The molecule has 0 bridgehead atoms. The van der Waals surface area contributed by atoms with E-state index in [1.54, 1.807) is 6.33 Å². The van der Waals surface area contributed by atoms with E-state index < -0.39 is 0 Å². The van der Waals surface area contributed by atoms with E-state index in [1.807, 2.05) is 61.6 Å². The summed E-state index contributed by atoms with van der Waals surface area (Å²) in [6.45, 7) is 0. The summed E-state index contributed by atoms with van der Waals surface area (Å²) in [5.41, 5.74) is 22.4. The molecule has 0 N–H and O–H groups in total. The smallest absolute Gasteiger partial charge is 0.115 e. The zero-order valence-corrected chi connectivity index (χ0v) is 53.7. The summed E-state index contributed by atoms with van der Waals surface area (Å²) >= 11 is 0. The van der Waals surface area contributed by atoms with Gasteiger partial charge in [0, 0.05) is 98.8 Å². The third-order valence-electron chi connectivity index (χ3n) is 21.0. The fraction of sp³-hybridized carbons (Fsp3) is 0. The molecule has 0 amide bonds. The Hall–Kier alpha value is -13.5. The van der Waals surface area contributed by atoms with Crippen LogP contribution in [0.25, 0.3) is 219 Å². The van der Waals surface area contributed by atoms with Gasteiger partial charge in [0.25, 0.3) is 0 Å². The van der Waals surface area contributed by atoms with Crippen LogP contribution < -0.4 is 0 Å². The third-order valence-corrected chi connectivity index (χ3v) is 21.0. The van der Waals surface area contributed by atoms with Crippen molar-refractivity contribution in [3.63, 3.8) is 0 Å². The predicted molar refractivity (Wildman–Crippen MR) is 415 cm³/mol. The van der Waals surface area contributed by atoms with Gasteiger partial charge in [-0.2, -0.15) is 0 Å². The largest absolute Gasteiger partial charge is 0.263 e. The molecule has 15 aromatic carbocycles. The topological polar surface area (TPSA) is 90.2 Å². The number of hydrogen-bond donors (Lipinski definition) is 0. The summed E-state index contributed by atoms with van der Waals surface area (Å²) in [4.78, 5) is 34.0. The van der Waals surface area contributed by atoms with Crippen LogP contribution in [0.5, 0.6) is 0 Å². The Balaban J connectivity index is 0.807. The lowest BCUT2D eigenvalue weighted by Gasteiger charge is -2.21. The van der Waals surface area contributed by atoms with Crippen molar-refractivity contribution in [3.05, 3.63) is 323 Å². The average Bonchev–Trinajstić information content (AvgIpc) is 0.708. The van der Waals surface area contributed by atoms with E-state index in [4.69, 9.17) is 24.9 Å². The first-order valence-electron chi connectivity index (χ1n) is 33.8. The molecule has 0 saturated heterocycles. The fourth-order valence-corrected chi connectivity index (χ4v) is 16.5. The van der Waals surface area contributed by atoms with Crippen molar-refractivity contribution in [1.82, 2.24) is 34.9 Å². The number of fused-ring (bicyclic) bond motifs is 5. The molecule has 0 fully saturated rings. The first kappa shape index (κ1) is 55.8. The highest BCUT2D eigenvalue weighted by Gasteiger charge is 2.25. The van der Waals surface area contributed by atoms with Crippen molar-refractivity contribution in [2.45, 2.75) is 0 Å². The maximum atomic E-state index is 5.79. The van der Waals surface area contributed by atoms with Crippen molar-refractivity contribution in [3.8, 4) is 100 Å². The molecular weight excluding hydrogens is 1220 g/mol. The Morgan fingerprint density at radius 1 is 0.180 bits per heavy atom. The number of nitrogens with zero attached hydrogens (tertiary/aromatic N) is 7. The molecular formula is C93H53N7. The Kier molecular flexibility index (Phi) is 12.3. The molecule has 0 aliphatic carbocycles. The normalized spacial score (nSPS) is 12.0. The summed E-state index contributed by atoms with van der Waals surface area (Å²) in [5.74, 6) is 0. The van der Waals surface area contributed by atoms with Crippen molar-refractivity contribution in [2.24, 2.45) is 0 Å². The van der Waals surface area contributed by atoms with Crippen LogP contribution in [0, 0.1) is 0 Å². The van der Waals surface area contributed by atoms with Crippen LogP contribution in [0.4, 0.5) is 0 Å². The zero-order valence-electron chi connectivity index (χ0n) is 53.7. The van der Waals surface area contributed by atoms with Crippen molar-refractivity contribution >= 4 is 119 Å². The highest BCUT2D eigenvalue weighted by Crippen LogP contribution is 2.51. The first-order valence-corrected chi connectivity index (χ1v) is 33.8. The first-order chi connectivity index (χ1) is 49.6. The molecule has 460 valence electrons. The summed E-state index contributed by atoms with van der Waals surface area (Å²) in [7, 11) is 0. The second-order valence-electron chi connectivity index (χ2n) is 26.3. The monoisotopic (exact) mass is 1270 g/mol. The summed E-state index contributed by atoms with van der Waals surface area (Å²) in [6.07, 6.45) is 17.1. The molecule has 7 nitrogen and oxygen atoms in total. The van der Waals surface area contributed by atoms with Crippen LogP contribution in [-0.2, 0) is 0 Å². The van der Waals surface area contributed by atoms with Crippen molar-refractivity contribution < 1.29 is 0 Å². The van der Waals surface area contributed by atoms with Crippen molar-refractivity contribution in [1.29, 1.82) is 0 Å². The molecule has 21 rings (SSSR count). The van der Waals surface area contributed by atoms with E-state index in [1.165, 1.54) is 48.5 Å². The quantitative estimate of drug-likeness (QED) is 0.133. The van der Waals surface area contributed by atoms with Crippen LogP contribution in [0.1, 0.15) is 0 Å². The Labute approximate surface area is 573 Å². The third kappa shape index (κ3) is 8.62. The SMILES string of the molecule is c1ccc2c(-c3cc(-c4cnc(-c5cc6c(-c7cccc8ncccc78)ccc7ccc8c(-c9cc(-c%10cccc%11ncccc%10%11)cc(-c%10cccc%11ncccc%10%11)c9)ccc5c8c76)c5ccccc45)cc(-c4ccc5ccc6c(-c7cncnc7)ccc7ccc4c5c76)c3)cncc2c1. The Morgan fingerprint density at radius 3 is 1.16 bits per heavy atom. The molecule has 6 aromatic heterocycles. The zero-order chi connectivity index (χ0) is 65.5. The standard InChI is InChI=1S/C93H53N7/c1-2-12-65-57(11-1)48-94-51-84(65)62-44-61(68-30-24-54-28-34-78-70(64-49-95-53-96-50-64)31-25-55-27-33-77(68)89(54)90(55)78)45-63(46-62)85-52-100-93(81-14-4-3-13-72(81)85)83-47-82-73(71-17-7-23-88-76(71)20-10-40-99-88)32-26-56-29-35-79-69(36-37-80(83)92(79)91(56)82)60-42-58(66-15-5-21-86-74(66)18-8-38-97-86)41-59(43-60)67-16-6-22-87-75(67)19-9-39-98-87/h1-53H. The van der Waals surface area contributed by atoms with E-state index in [9.17, 15) is 0 Å². The molecule has 7 heteroatoms. The minimum absolute atomic E-state index is 0.909. The fourth-order valence-electron chi connectivity index (χ4n) is 16.5. The molecule has 0 aliphatic heterocycles. The Morgan fingerprint density at radius 2 is 0.580 bits per heavy atom. The molecule has 0 radical (unpaired) electrons. The minimum Gasteiger partial charge on any atom is -0.263 e. The number of aromatic nitrogens is 7. The average molecular weight is 1270 g/mol. The van der Waals surface area contributed by atoms with Gasteiger partial charge in [-0.15, -0.1) is 0 Å². The molecule has 0 spiro atoms. The van der Waals surface area contributed by atoms with Crippen LogP contribution in [0.2, 0.25) is 0 Å². The van der Waals surface area contributed by atoms with E-state index in [-0.39, 0.29) is 0 Å². The van der Waals surface area contributed by atoms with E-state index in [0.717, 1.165) is 171 Å². The molecule has 100 heavy (non-hydrogen) atoms. The van der Waals surface area contributed by atoms with E-state index >= 15 is 0 Å². The summed E-state index contributed by atoms with van der Waals surface area (Å²) in [6, 6.07) is 98.3. The molecule has 0 unspecified atom stereocenters. The van der Waals surface area contributed by atoms with Crippen LogP contribution in [0.3, 0.4) is 0 Å². The summed E-state index contributed by atoms with van der Waals surface area (Å²) < 4.78 is 0. The van der Waals surface area contributed by atoms with Gasteiger partial charge in [0.15, 0.2) is 0 Å². The lowest BCUT2D eigenvalue weighted by Crippen LogP contribution is -1.96. The van der Waals surface area contributed by atoms with Gasteiger partial charge >= 0.3 is 0 Å². The molecule has 6 heterocycles. The highest BCUT2D eigenvalue weighted by molar-refractivity contribution is 6.32. The molecule has 0 atom stereocenters. The number of rotatable bonds is 9. The summed E-state index contributed by atoms with van der Waals surface area (Å²) in [5, 5.41) is 21.9. The maximum Gasteiger partial charge on any atom is 0.115 e.